The average molecular weight is 388 g/mol. The van der Waals surface area contributed by atoms with Gasteiger partial charge in [0.25, 0.3) is 0 Å². The molecular formula is C19H25N5O2S. The van der Waals surface area contributed by atoms with Crippen molar-refractivity contribution in [2.45, 2.75) is 32.1 Å². The summed E-state index contributed by atoms with van der Waals surface area (Å²) in [5.74, 6) is 0.355. The maximum absolute atomic E-state index is 12.6. The molecule has 144 valence electrons. The van der Waals surface area contributed by atoms with Gasteiger partial charge in [-0.1, -0.05) is 11.3 Å². The van der Waals surface area contributed by atoms with E-state index in [1.54, 1.807) is 17.5 Å². The van der Waals surface area contributed by atoms with Crippen LogP contribution in [0, 0.1) is 5.92 Å². The highest BCUT2D eigenvalue weighted by Crippen LogP contribution is 2.30. The molecular weight excluding hydrogens is 362 g/mol. The minimum absolute atomic E-state index is 0.00728. The number of hydrogen-bond acceptors (Lipinski definition) is 6. The van der Waals surface area contributed by atoms with Crippen LogP contribution in [0.3, 0.4) is 0 Å². The molecule has 0 spiro atoms. The number of carbonyl (C=O) groups is 2. The van der Waals surface area contributed by atoms with Gasteiger partial charge in [0.2, 0.25) is 11.8 Å². The highest BCUT2D eigenvalue weighted by atomic mass is 32.1. The fourth-order valence-electron chi connectivity index (χ4n) is 3.82. The first-order valence-electron chi connectivity index (χ1n) is 9.73. The van der Waals surface area contributed by atoms with Gasteiger partial charge in [0, 0.05) is 45.3 Å². The van der Waals surface area contributed by atoms with Crippen molar-refractivity contribution in [3.63, 3.8) is 0 Å². The molecule has 2 aromatic rings. The summed E-state index contributed by atoms with van der Waals surface area (Å²) in [4.78, 5) is 38.2. The van der Waals surface area contributed by atoms with E-state index >= 15 is 0 Å². The van der Waals surface area contributed by atoms with Crippen LogP contribution in [0.4, 0.5) is 5.13 Å². The number of amides is 2. The predicted octanol–water partition coefficient (Wildman–Crippen LogP) is 2.04. The largest absolute Gasteiger partial charge is 0.356 e. The van der Waals surface area contributed by atoms with Gasteiger partial charge >= 0.3 is 0 Å². The lowest BCUT2D eigenvalue weighted by Crippen LogP contribution is -2.43. The molecule has 8 heteroatoms. The predicted molar refractivity (Wildman–Crippen MR) is 106 cm³/mol. The van der Waals surface area contributed by atoms with Crippen LogP contribution in [0.2, 0.25) is 0 Å². The second-order valence-electron chi connectivity index (χ2n) is 7.24. The molecule has 27 heavy (non-hydrogen) atoms. The Morgan fingerprint density at radius 3 is 3.07 bits per heavy atom. The van der Waals surface area contributed by atoms with Crippen LogP contribution in [-0.2, 0) is 9.59 Å². The Bertz CT molecular complexity index is 790. The van der Waals surface area contributed by atoms with E-state index in [2.05, 4.69) is 20.2 Å². The standard InChI is InChI=1S/C19H25N5O2S/c25-16-7-3-10-23(16)12-4-9-20-17(26)14-5-2-11-24(13-14)19-22-15-6-1-8-21-18(15)27-19/h1,6,8,14H,2-5,7,9-13H2,(H,20,26)/t14-/m1/s1. The highest BCUT2D eigenvalue weighted by molar-refractivity contribution is 7.21. The van der Waals surface area contributed by atoms with E-state index in [1.165, 1.54) is 0 Å². The number of aromatic nitrogens is 2. The molecule has 7 nitrogen and oxygen atoms in total. The van der Waals surface area contributed by atoms with Crippen molar-refractivity contribution < 1.29 is 9.59 Å². The van der Waals surface area contributed by atoms with E-state index in [1.807, 2.05) is 17.0 Å². The van der Waals surface area contributed by atoms with Crippen molar-refractivity contribution in [2.75, 3.05) is 37.6 Å². The second kappa shape index (κ2) is 8.21. The fourth-order valence-corrected chi connectivity index (χ4v) is 4.77. The quantitative estimate of drug-likeness (QED) is 0.768. The maximum atomic E-state index is 12.6. The Morgan fingerprint density at radius 1 is 1.33 bits per heavy atom. The number of rotatable bonds is 6. The fraction of sp³-hybridized carbons (Fsp3) is 0.579. The number of hydrogen-bond donors (Lipinski definition) is 1. The molecule has 2 fully saturated rings. The molecule has 2 aromatic heterocycles. The van der Waals surface area contributed by atoms with Gasteiger partial charge in [-0.2, -0.15) is 0 Å². The van der Waals surface area contributed by atoms with Crippen molar-refractivity contribution >= 4 is 38.6 Å². The summed E-state index contributed by atoms with van der Waals surface area (Å²) in [7, 11) is 0. The molecule has 0 unspecified atom stereocenters. The Hall–Kier alpha value is -2.22. The van der Waals surface area contributed by atoms with Crippen LogP contribution in [0.25, 0.3) is 10.3 Å². The van der Waals surface area contributed by atoms with Gasteiger partial charge in [0.1, 0.15) is 10.3 Å². The minimum atomic E-state index is -0.00728. The van der Waals surface area contributed by atoms with E-state index in [4.69, 9.17) is 0 Å². The van der Waals surface area contributed by atoms with E-state index in [0.717, 1.165) is 60.8 Å². The lowest BCUT2D eigenvalue weighted by Gasteiger charge is -2.31. The summed E-state index contributed by atoms with van der Waals surface area (Å²) in [5, 5.41) is 4.01. The SMILES string of the molecule is O=C(NCCCN1CCCC1=O)[C@@H]1CCCN(c2nc3cccnc3s2)C1. The van der Waals surface area contributed by atoms with Gasteiger partial charge < -0.3 is 15.1 Å². The second-order valence-corrected chi connectivity index (χ2v) is 8.19. The van der Waals surface area contributed by atoms with Crippen molar-refractivity contribution in [3.05, 3.63) is 18.3 Å². The topological polar surface area (TPSA) is 78.4 Å². The number of pyridine rings is 1. The summed E-state index contributed by atoms with van der Waals surface area (Å²) in [6.45, 7) is 3.87. The first-order chi connectivity index (χ1) is 13.2. The lowest BCUT2D eigenvalue weighted by atomic mass is 9.97. The minimum Gasteiger partial charge on any atom is -0.356 e. The number of nitrogens with one attached hydrogen (secondary N) is 1. The first kappa shape index (κ1) is 18.2. The van der Waals surface area contributed by atoms with Gasteiger partial charge in [-0.05, 0) is 37.8 Å². The molecule has 1 atom stereocenters. The van der Waals surface area contributed by atoms with E-state index in [9.17, 15) is 9.59 Å². The van der Waals surface area contributed by atoms with Crippen molar-refractivity contribution in [1.82, 2.24) is 20.2 Å². The number of piperidine rings is 1. The molecule has 0 radical (unpaired) electrons. The maximum Gasteiger partial charge on any atom is 0.224 e. The molecule has 4 rings (SSSR count). The molecule has 2 amide bonds. The van der Waals surface area contributed by atoms with E-state index < -0.39 is 0 Å². The highest BCUT2D eigenvalue weighted by Gasteiger charge is 2.27. The Morgan fingerprint density at radius 2 is 2.26 bits per heavy atom. The van der Waals surface area contributed by atoms with Crippen LogP contribution in [0.5, 0.6) is 0 Å². The summed E-state index contributed by atoms with van der Waals surface area (Å²) >= 11 is 1.59. The van der Waals surface area contributed by atoms with Gasteiger partial charge in [0.05, 0.1) is 5.92 Å². The van der Waals surface area contributed by atoms with Crippen LogP contribution in [0.1, 0.15) is 32.1 Å². The van der Waals surface area contributed by atoms with Crippen LogP contribution >= 0.6 is 11.3 Å². The number of carbonyl (C=O) groups excluding carboxylic acids is 2. The molecule has 0 bridgehead atoms. The molecule has 2 saturated heterocycles. The summed E-state index contributed by atoms with van der Waals surface area (Å²) in [6.07, 6.45) is 6.14. The Balaban J connectivity index is 1.27. The number of likely N-dealkylation sites (tertiary alicyclic amines) is 1. The number of fused-ring (bicyclic) bond motifs is 1. The van der Waals surface area contributed by atoms with Crippen molar-refractivity contribution in [3.8, 4) is 0 Å². The van der Waals surface area contributed by atoms with Gasteiger partial charge in [0.15, 0.2) is 5.13 Å². The van der Waals surface area contributed by atoms with Gasteiger partial charge in [-0.15, -0.1) is 0 Å². The normalized spacial score (nSPS) is 20.4. The molecule has 0 aromatic carbocycles. The zero-order valence-corrected chi connectivity index (χ0v) is 16.2. The lowest BCUT2D eigenvalue weighted by molar-refractivity contribution is -0.127. The zero-order valence-electron chi connectivity index (χ0n) is 15.4. The van der Waals surface area contributed by atoms with Gasteiger partial charge in [-0.3, -0.25) is 9.59 Å². The van der Waals surface area contributed by atoms with E-state index in [-0.39, 0.29) is 17.7 Å². The molecule has 4 heterocycles. The Labute approximate surface area is 162 Å². The molecule has 2 aliphatic rings. The van der Waals surface area contributed by atoms with Crippen molar-refractivity contribution in [2.24, 2.45) is 5.92 Å². The van der Waals surface area contributed by atoms with Crippen LogP contribution < -0.4 is 10.2 Å². The zero-order chi connectivity index (χ0) is 18.6. The average Bonchev–Trinajstić information content (AvgIpc) is 3.31. The van der Waals surface area contributed by atoms with Gasteiger partial charge in [-0.25, -0.2) is 9.97 Å². The molecule has 0 aliphatic carbocycles. The monoisotopic (exact) mass is 387 g/mol. The third-order valence-corrected chi connectivity index (χ3v) is 6.33. The third-order valence-electron chi connectivity index (χ3n) is 5.29. The summed E-state index contributed by atoms with van der Waals surface area (Å²) < 4.78 is 0. The van der Waals surface area contributed by atoms with Crippen molar-refractivity contribution in [1.29, 1.82) is 0 Å². The van der Waals surface area contributed by atoms with E-state index in [0.29, 0.717) is 19.5 Å². The number of thiazole rings is 1. The van der Waals surface area contributed by atoms with Crippen LogP contribution in [-0.4, -0.2) is 59.4 Å². The smallest absolute Gasteiger partial charge is 0.224 e. The molecule has 1 N–H and O–H groups in total. The third kappa shape index (κ3) is 4.21. The Kier molecular flexibility index (Phi) is 5.52. The van der Waals surface area contributed by atoms with Crippen LogP contribution in [0.15, 0.2) is 18.3 Å². The molecule has 2 aliphatic heterocycles. The number of anilines is 1. The first-order valence-corrected chi connectivity index (χ1v) is 10.5. The molecule has 0 saturated carbocycles. The number of nitrogens with zero attached hydrogens (tertiary/aromatic N) is 4. The summed E-state index contributed by atoms with van der Waals surface area (Å²) in [6, 6.07) is 3.87. The summed E-state index contributed by atoms with van der Waals surface area (Å²) in [5.41, 5.74) is 0.917.